The third-order valence-electron chi connectivity index (χ3n) is 5.10. The Labute approximate surface area is 162 Å². The number of piperidine rings is 1. The van der Waals surface area contributed by atoms with Crippen molar-refractivity contribution in [1.29, 1.82) is 0 Å². The highest BCUT2D eigenvalue weighted by Crippen LogP contribution is 2.28. The molecule has 1 N–H and O–H groups in total. The number of nitrogens with one attached hydrogen (secondary N) is 1. The first kappa shape index (κ1) is 17.8. The Bertz CT molecular complexity index is 953. The summed E-state index contributed by atoms with van der Waals surface area (Å²) in [7, 11) is 0. The second-order valence-electron chi connectivity index (χ2n) is 6.80. The van der Waals surface area contributed by atoms with Gasteiger partial charge in [-0.25, -0.2) is 0 Å². The predicted octanol–water partition coefficient (Wildman–Crippen LogP) is 4.09. The highest BCUT2D eigenvalue weighted by molar-refractivity contribution is 7.08. The molecular formula is C21H22N2O3S. The van der Waals surface area contributed by atoms with Crippen molar-refractivity contribution in [2.75, 3.05) is 13.1 Å². The fourth-order valence-electron chi connectivity index (χ4n) is 3.63. The SMILES string of the molecule is CCc1oc2ccccc2c1C(=O)N1CCC(NC(=O)c2ccsc2)CC1. The number of amides is 2. The molecule has 1 aliphatic rings. The van der Waals surface area contributed by atoms with Crippen molar-refractivity contribution in [3.63, 3.8) is 0 Å². The molecule has 2 amide bonds. The molecule has 1 aromatic carbocycles. The molecule has 0 unspecified atom stereocenters. The second kappa shape index (κ2) is 7.56. The number of thiophene rings is 1. The Morgan fingerprint density at radius 3 is 2.70 bits per heavy atom. The van der Waals surface area contributed by atoms with Crippen LogP contribution in [-0.2, 0) is 6.42 Å². The molecule has 1 aliphatic heterocycles. The maximum absolute atomic E-state index is 13.2. The van der Waals surface area contributed by atoms with Gasteiger partial charge in [0.05, 0.1) is 5.56 Å². The summed E-state index contributed by atoms with van der Waals surface area (Å²) in [6.45, 7) is 3.27. The van der Waals surface area contributed by atoms with Crippen molar-refractivity contribution < 1.29 is 14.0 Å². The molecule has 0 bridgehead atoms. The average molecular weight is 382 g/mol. The Morgan fingerprint density at radius 1 is 1.22 bits per heavy atom. The molecule has 2 aromatic heterocycles. The van der Waals surface area contributed by atoms with E-state index in [0.717, 1.165) is 29.6 Å². The van der Waals surface area contributed by atoms with Gasteiger partial charge >= 0.3 is 0 Å². The van der Waals surface area contributed by atoms with Gasteiger partial charge in [0, 0.05) is 41.9 Å². The average Bonchev–Trinajstić information content (AvgIpc) is 3.35. The van der Waals surface area contributed by atoms with Crippen LogP contribution in [0.5, 0.6) is 0 Å². The van der Waals surface area contributed by atoms with Crippen LogP contribution in [-0.4, -0.2) is 35.8 Å². The number of para-hydroxylation sites is 1. The Morgan fingerprint density at radius 2 is 2.00 bits per heavy atom. The highest BCUT2D eigenvalue weighted by Gasteiger charge is 2.28. The molecule has 6 heteroatoms. The quantitative estimate of drug-likeness (QED) is 0.739. The smallest absolute Gasteiger partial charge is 0.258 e. The number of rotatable bonds is 4. The Hall–Kier alpha value is -2.60. The third-order valence-corrected chi connectivity index (χ3v) is 5.79. The van der Waals surface area contributed by atoms with Gasteiger partial charge in [0.2, 0.25) is 0 Å². The molecule has 0 spiro atoms. The van der Waals surface area contributed by atoms with Gasteiger partial charge in [0.25, 0.3) is 11.8 Å². The molecule has 1 fully saturated rings. The minimum Gasteiger partial charge on any atom is -0.460 e. The molecule has 1 saturated heterocycles. The minimum absolute atomic E-state index is 0.0272. The summed E-state index contributed by atoms with van der Waals surface area (Å²) in [6, 6.07) is 9.63. The van der Waals surface area contributed by atoms with Crippen LogP contribution in [0.25, 0.3) is 11.0 Å². The van der Waals surface area contributed by atoms with Crippen molar-refractivity contribution in [2.24, 2.45) is 0 Å². The van der Waals surface area contributed by atoms with E-state index in [9.17, 15) is 9.59 Å². The molecule has 0 atom stereocenters. The summed E-state index contributed by atoms with van der Waals surface area (Å²) < 4.78 is 5.87. The number of carbonyl (C=O) groups excluding carboxylic acids is 2. The van der Waals surface area contributed by atoms with Crippen molar-refractivity contribution in [3.8, 4) is 0 Å². The number of hydrogen-bond acceptors (Lipinski definition) is 4. The lowest BCUT2D eigenvalue weighted by atomic mass is 10.0. The summed E-state index contributed by atoms with van der Waals surface area (Å²) >= 11 is 1.51. The summed E-state index contributed by atoms with van der Waals surface area (Å²) in [5.41, 5.74) is 2.15. The van der Waals surface area contributed by atoms with E-state index in [4.69, 9.17) is 4.42 Å². The Kier molecular flexibility index (Phi) is 4.99. The molecule has 0 saturated carbocycles. The van der Waals surface area contributed by atoms with E-state index in [2.05, 4.69) is 5.32 Å². The number of likely N-dealkylation sites (tertiary alicyclic amines) is 1. The zero-order valence-corrected chi connectivity index (χ0v) is 16.1. The van der Waals surface area contributed by atoms with Gasteiger partial charge in [-0.3, -0.25) is 9.59 Å². The van der Waals surface area contributed by atoms with Gasteiger partial charge in [-0.1, -0.05) is 25.1 Å². The molecule has 0 radical (unpaired) electrons. The number of benzene rings is 1. The lowest BCUT2D eigenvalue weighted by Gasteiger charge is -2.32. The maximum Gasteiger partial charge on any atom is 0.258 e. The topological polar surface area (TPSA) is 62.6 Å². The van der Waals surface area contributed by atoms with Gasteiger partial charge in [-0.15, -0.1) is 0 Å². The molecule has 3 heterocycles. The van der Waals surface area contributed by atoms with E-state index >= 15 is 0 Å². The van der Waals surface area contributed by atoms with Crippen LogP contribution in [0.2, 0.25) is 0 Å². The van der Waals surface area contributed by atoms with E-state index in [1.165, 1.54) is 11.3 Å². The van der Waals surface area contributed by atoms with E-state index in [0.29, 0.717) is 30.6 Å². The first-order valence-corrected chi connectivity index (χ1v) is 10.2. The van der Waals surface area contributed by atoms with Gasteiger partial charge in [0.1, 0.15) is 11.3 Å². The number of aryl methyl sites for hydroxylation is 1. The fraction of sp³-hybridized carbons (Fsp3) is 0.333. The van der Waals surface area contributed by atoms with E-state index < -0.39 is 0 Å². The molecule has 27 heavy (non-hydrogen) atoms. The standard InChI is InChI=1S/C21H22N2O3S/c1-2-17-19(16-5-3-4-6-18(16)26-17)21(25)23-10-7-15(8-11-23)22-20(24)14-9-12-27-13-14/h3-6,9,12-13,15H,2,7-8,10-11H2,1H3,(H,22,24). The zero-order chi connectivity index (χ0) is 18.8. The van der Waals surface area contributed by atoms with Gasteiger partial charge in [-0.2, -0.15) is 11.3 Å². The van der Waals surface area contributed by atoms with Crippen LogP contribution in [0.1, 0.15) is 46.2 Å². The van der Waals surface area contributed by atoms with Crippen molar-refractivity contribution in [3.05, 3.63) is 58.0 Å². The lowest BCUT2D eigenvalue weighted by molar-refractivity contribution is 0.0697. The van der Waals surface area contributed by atoms with Crippen LogP contribution < -0.4 is 5.32 Å². The molecule has 3 aromatic rings. The van der Waals surface area contributed by atoms with Crippen molar-refractivity contribution >= 4 is 34.1 Å². The number of hydrogen-bond donors (Lipinski definition) is 1. The van der Waals surface area contributed by atoms with Gasteiger partial charge < -0.3 is 14.6 Å². The number of fused-ring (bicyclic) bond motifs is 1. The maximum atomic E-state index is 13.2. The number of carbonyl (C=O) groups is 2. The largest absolute Gasteiger partial charge is 0.460 e. The normalized spacial score (nSPS) is 15.2. The van der Waals surface area contributed by atoms with Crippen LogP contribution in [0.4, 0.5) is 0 Å². The van der Waals surface area contributed by atoms with Crippen molar-refractivity contribution in [2.45, 2.75) is 32.2 Å². The van der Waals surface area contributed by atoms with Crippen LogP contribution >= 0.6 is 11.3 Å². The van der Waals surface area contributed by atoms with Crippen LogP contribution in [0.15, 0.2) is 45.5 Å². The molecular weight excluding hydrogens is 360 g/mol. The monoisotopic (exact) mass is 382 g/mol. The summed E-state index contributed by atoms with van der Waals surface area (Å²) in [5.74, 6) is 0.739. The van der Waals surface area contributed by atoms with Gasteiger partial charge in [-0.05, 0) is 30.4 Å². The van der Waals surface area contributed by atoms with Gasteiger partial charge in [0.15, 0.2) is 0 Å². The minimum atomic E-state index is -0.0323. The molecule has 140 valence electrons. The number of furan rings is 1. The molecule has 0 aliphatic carbocycles. The van der Waals surface area contributed by atoms with E-state index in [-0.39, 0.29) is 17.9 Å². The Balaban J connectivity index is 1.44. The fourth-order valence-corrected chi connectivity index (χ4v) is 4.26. The summed E-state index contributed by atoms with van der Waals surface area (Å²) in [5, 5.41) is 7.71. The van der Waals surface area contributed by atoms with E-state index in [1.54, 1.807) is 0 Å². The third kappa shape index (κ3) is 3.49. The molecule has 4 rings (SSSR count). The molecule has 5 nitrogen and oxygen atoms in total. The summed E-state index contributed by atoms with van der Waals surface area (Å²) in [4.78, 5) is 27.2. The highest BCUT2D eigenvalue weighted by atomic mass is 32.1. The first-order valence-electron chi connectivity index (χ1n) is 9.30. The van der Waals surface area contributed by atoms with Crippen LogP contribution in [0.3, 0.4) is 0 Å². The summed E-state index contributed by atoms with van der Waals surface area (Å²) in [6.07, 6.45) is 2.21. The predicted molar refractivity (Wildman–Crippen MR) is 106 cm³/mol. The number of nitrogens with zero attached hydrogens (tertiary/aromatic N) is 1. The van der Waals surface area contributed by atoms with Crippen LogP contribution in [0, 0.1) is 0 Å². The second-order valence-corrected chi connectivity index (χ2v) is 7.58. The zero-order valence-electron chi connectivity index (χ0n) is 15.2. The first-order chi connectivity index (χ1) is 13.2. The van der Waals surface area contributed by atoms with Crippen molar-refractivity contribution in [1.82, 2.24) is 10.2 Å². The van der Waals surface area contributed by atoms with E-state index in [1.807, 2.05) is 52.9 Å². The lowest BCUT2D eigenvalue weighted by Crippen LogP contribution is -2.46.